The van der Waals surface area contributed by atoms with Gasteiger partial charge in [-0.1, -0.05) is 146 Å². The maximum Gasteiger partial charge on any atom is 0.164 e. The first-order valence-corrected chi connectivity index (χ1v) is 19.8. The number of fused-ring (bicyclic) bond motifs is 10. The van der Waals surface area contributed by atoms with Crippen LogP contribution < -0.4 is 0 Å². The van der Waals surface area contributed by atoms with Crippen molar-refractivity contribution < 1.29 is 4.42 Å². The van der Waals surface area contributed by atoms with Gasteiger partial charge < -0.3 is 4.42 Å². The standard InChI is InChI=1S/C53H35N3O/c1-4-16-37-32(12-1)15-11-22-41(37)43-28-29-45(49-44-21-9-10-23-48(44)57-50(43)49)52-54-51(36-27-26-34-25-24-33-13-2-5-17-38(33)46(34)31-36)55-53(56-52)47-30-35-14-3-6-18-39(35)40-19-7-8-20-42(40)47/h1-5,7-17,19-30,36H,6,18,31H2. The van der Waals surface area contributed by atoms with Gasteiger partial charge in [0.15, 0.2) is 11.6 Å². The Balaban J connectivity index is 1.12. The molecular formula is C53H35N3O. The van der Waals surface area contributed by atoms with Crippen LogP contribution in [0.5, 0.6) is 0 Å². The molecule has 2 aliphatic carbocycles. The van der Waals surface area contributed by atoms with Crippen LogP contribution in [0.1, 0.15) is 40.4 Å². The van der Waals surface area contributed by atoms with Gasteiger partial charge >= 0.3 is 0 Å². The quantitative estimate of drug-likeness (QED) is 0.181. The normalized spacial score (nSPS) is 14.8. The van der Waals surface area contributed by atoms with Gasteiger partial charge in [-0.2, -0.15) is 0 Å². The zero-order valence-corrected chi connectivity index (χ0v) is 31.1. The molecule has 1 atom stereocenters. The van der Waals surface area contributed by atoms with Crippen LogP contribution in [0.3, 0.4) is 0 Å². The Bertz CT molecular complexity index is 3350. The maximum atomic E-state index is 6.82. The Kier molecular flexibility index (Phi) is 7.15. The van der Waals surface area contributed by atoms with E-state index >= 15 is 0 Å². The van der Waals surface area contributed by atoms with E-state index in [1.165, 1.54) is 49.2 Å². The summed E-state index contributed by atoms with van der Waals surface area (Å²) in [5, 5.41) is 9.37. The molecule has 8 aromatic carbocycles. The molecule has 0 N–H and O–H groups in total. The van der Waals surface area contributed by atoms with Gasteiger partial charge in [-0.15, -0.1) is 0 Å². The van der Waals surface area contributed by atoms with Crippen molar-refractivity contribution >= 4 is 66.4 Å². The minimum Gasteiger partial charge on any atom is -0.455 e. The summed E-state index contributed by atoms with van der Waals surface area (Å²) < 4.78 is 6.82. The molecule has 0 radical (unpaired) electrons. The van der Waals surface area contributed by atoms with Crippen LogP contribution in [0.2, 0.25) is 0 Å². The maximum absolute atomic E-state index is 6.82. The average molecular weight is 730 g/mol. The van der Waals surface area contributed by atoms with Crippen LogP contribution in [0, 0.1) is 0 Å². The van der Waals surface area contributed by atoms with Gasteiger partial charge in [0.25, 0.3) is 0 Å². The van der Waals surface area contributed by atoms with Crippen molar-refractivity contribution in [1.82, 2.24) is 15.0 Å². The van der Waals surface area contributed by atoms with E-state index in [-0.39, 0.29) is 5.92 Å². The molecule has 0 aliphatic heterocycles. The molecule has 268 valence electrons. The molecular weight excluding hydrogens is 695 g/mol. The molecule has 4 nitrogen and oxygen atoms in total. The number of allylic oxidation sites excluding steroid dienone is 2. The SMILES string of the molecule is C1=Cc2cc(-c3nc(-c4ccc(-c5cccc6ccccc56)c5oc6ccccc6c45)nc(C4C=Cc5ccc6ccccc6c5C4)n3)c3ccccc3c2CC1. The summed E-state index contributed by atoms with van der Waals surface area (Å²) in [5.41, 5.74) is 11.0. The summed E-state index contributed by atoms with van der Waals surface area (Å²) in [6.45, 7) is 0. The number of rotatable bonds is 4. The number of nitrogens with zero attached hydrogens (tertiary/aromatic N) is 3. The summed E-state index contributed by atoms with van der Waals surface area (Å²) in [7, 11) is 0. The van der Waals surface area contributed by atoms with E-state index in [2.05, 4.69) is 164 Å². The van der Waals surface area contributed by atoms with E-state index in [1.807, 2.05) is 6.07 Å². The molecule has 0 saturated heterocycles. The van der Waals surface area contributed by atoms with Crippen LogP contribution in [-0.2, 0) is 12.8 Å². The van der Waals surface area contributed by atoms with Gasteiger partial charge in [0.2, 0.25) is 0 Å². The highest BCUT2D eigenvalue weighted by Gasteiger charge is 2.26. The molecule has 0 saturated carbocycles. The predicted octanol–water partition coefficient (Wildman–Crippen LogP) is 13.5. The minimum atomic E-state index is -0.0425. The second kappa shape index (κ2) is 12.7. The highest BCUT2D eigenvalue weighted by atomic mass is 16.3. The fourth-order valence-corrected chi connectivity index (χ4v) is 9.42. The van der Waals surface area contributed by atoms with E-state index in [1.54, 1.807) is 0 Å². The monoisotopic (exact) mass is 729 g/mol. The number of hydrogen-bond donors (Lipinski definition) is 0. The van der Waals surface area contributed by atoms with Crippen LogP contribution in [0.15, 0.2) is 162 Å². The molecule has 1 unspecified atom stereocenters. The third-order valence-electron chi connectivity index (χ3n) is 12.1. The zero-order valence-electron chi connectivity index (χ0n) is 31.1. The van der Waals surface area contributed by atoms with Crippen molar-refractivity contribution in [2.75, 3.05) is 0 Å². The van der Waals surface area contributed by atoms with Crippen molar-refractivity contribution in [3.05, 3.63) is 186 Å². The molecule has 2 heterocycles. The van der Waals surface area contributed by atoms with Crippen LogP contribution in [-0.4, -0.2) is 15.0 Å². The van der Waals surface area contributed by atoms with Gasteiger partial charge in [0.05, 0.1) is 0 Å². The lowest BCUT2D eigenvalue weighted by Gasteiger charge is -2.22. The van der Waals surface area contributed by atoms with Gasteiger partial charge in [0, 0.05) is 33.4 Å². The lowest BCUT2D eigenvalue weighted by molar-refractivity contribution is 0.670. The largest absolute Gasteiger partial charge is 0.455 e. The number of aryl methyl sites for hydroxylation is 1. The summed E-state index contributed by atoms with van der Waals surface area (Å²) >= 11 is 0. The van der Waals surface area contributed by atoms with Gasteiger partial charge in [-0.25, -0.2) is 15.0 Å². The third-order valence-corrected chi connectivity index (χ3v) is 12.1. The summed E-state index contributed by atoms with van der Waals surface area (Å²) in [6, 6.07) is 51.9. The lowest BCUT2D eigenvalue weighted by Crippen LogP contribution is -2.12. The van der Waals surface area contributed by atoms with Crippen LogP contribution in [0.25, 0.3) is 100 Å². The number of furan rings is 1. The molecule has 2 aliphatic rings. The van der Waals surface area contributed by atoms with Gasteiger partial charge in [-0.3, -0.25) is 0 Å². The average Bonchev–Trinajstić information content (AvgIpc) is 3.68. The second-order valence-electron chi connectivity index (χ2n) is 15.3. The van der Waals surface area contributed by atoms with Gasteiger partial charge in [0.1, 0.15) is 17.0 Å². The van der Waals surface area contributed by atoms with E-state index in [9.17, 15) is 0 Å². The molecule has 0 fully saturated rings. The van der Waals surface area contributed by atoms with Crippen LogP contribution in [0.4, 0.5) is 0 Å². The summed E-state index contributed by atoms with van der Waals surface area (Å²) in [6.07, 6.45) is 11.9. The number of hydrogen-bond acceptors (Lipinski definition) is 4. The van der Waals surface area contributed by atoms with Crippen molar-refractivity contribution in [1.29, 1.82) is 0 Å². The number of aromatic nitrogens is 3. The first-order valence-electron chi connectivity index (χ1n) is 19.8. The first-order chi connectivity index (χ1) is 28.2. The number of para-hydroxylation sites is 1. The van der Waals surface area contributed by atoms with E-state index in [0.717, 1.165) is 74.7 Å². The summed E-state index contributed by atoms with van der Waals surface area (Å²) in [4.78, 5) is 16.3. The van der Waals surface area contributed by atoms with Crippen molar-refractivity contribution in [2.45, 2.75) is 25.2 Å². The molecule has 2 aromatic heterocycles. The third kappa shape index (κ3) is 5.11. The number of benzene rings is 8. The Hall–Kier alpha value is -7.17. The van der Waals surface area contributed by atoms with Crippen LogP contribution >= 0.6 is 0 Å². The second-order valence-corrected chi connectivity index (χ2v) is 15.3. The van der Waals surface area contributed by atoms with Crippen molar-refractivity contribution in [3.8, 4) is 33.9 Å². The molecule has 0 bridgehead atoms. The van der Waals surface area contributed by atoms with Gasteiger partial charge in [-0.05, 0) is 104 Å². The Labute approximate surface area is 329 Å². The highest BCUT2D eigenvalue weighted by molar-refractivity contribution is 6.17. The molecule has 10 aromatic rings. The fraction of sp³-hybridized carbons (Fsp3) is 0.0755. The highest BCUT2D eigenvalue weighted by Crippen LogP contribution is 2.44. The van der Waals surface area contributed by atoms with E-state index in [4.69, 9.17) is 19.4 Å². The molecule has 0 amide bonds. The Morgan fingerprint density at radius 1 is 0.491 bits per heavy atom. The minimum absolute atomic E-state index is 0.0425. The van der Waals surface area contributed by atoms with Crippen molar-refractivity contribution in [2.24, 2.45) is 0 Å². The van der Waals surface area contributed by atoms with E-state index in [0.29, 0.717) is 11.6 Å². The predicted molar refractivity (Wildman–Crippen MR) is 235 cm³/mol. The molecule has 12 rings (SSSR count). The van der Waals surface area contributed by atoms with Crippen molar-refractivity contribution in [3.63, 3.8) is 0 Å². The fourth-order valence-electron chi connectivity index (χ4n) is 9.42. The molecule has 57 heavy (non-hydrogen) atoms. The topological polar surface area (TPSA) is 51.8 Å². The summed E-state index contributed by atoms with van der Waals surface area (Å²) in [5.74, 6) is 2.05. The lowest BCUT2D eigenvalue weighted by atomic mass is 9.85. The van der Waals surface area contributed by atoms with E-state index < -0.39 is 0 Å². The zero-order chi connectivity index (χ0) is 37.5. The molecule has 0 spiro atoms. The first kappa shape index (κ1) is 32.1. The Morgan fingerprint density at radius 3 is 2.07 bits per heavy atom. The smallest absolute Gasteiger partial charge is 0.164 e. The Morgan fingerprint density at radius 2 is 1.19 bits per heavy atom. The molecule has 4 heteroatoms.